The molecule has 0 bridgehead atoms. The molecule has 21 heavy (non-hydrogen) atoms. The number of benzene rings is 2. The van der Waals surface area contributed by atoms with Crippen LogP contribution in [0.25, 0.3) is 0 Å². The number of phenolic OH excluding ortho intramolecular Hbond substituents is 1. The van der Waals surface area contributed by atoms with Crippen molar-refractivity contribution in [3.05, 3.63) is 48.0 Å². The number of carbonyl (C=O) groups excluding carboxylic acids is 1. The van der Waals surface area contributed by atoms with E-state index in [2.05, 4.69) is 10.3 Å². The van der Waals surface area contributed by atoms with Crippen molar-refractivity contribution in [1.82, 2.24) is 0 Å². The lowest BCUT2D eigenvalue weighted by Crippen LogP contribution is -2.05. The van der Waals surface area contributed by atoms with Crippen LogP contribution in [0, 0.1) is 0 Å². The molecule has 2 rings (SSSR count). The van der Waals surface area contributed by atoms with E-state index in [0.29, 0.717) is 22.7 Å². The van der Waals surface area contributed by atoms with Gasteiger partial charge in [-0.05, 0) is 30.3 Å². The normalized spacial score (nSPS) is 10.6. The molecule has 0 heterocycles. The van der Waals surface area contributed by atoms with Gasteiger partial charge in [0.15, 0.2) is 0 Å². The van der Waals surface area contributed by atoms with Crippen LogP contribution < -0.4 is 10.1 Å². The van der Waals surface area contributed by atoms with E-state index < -0.39 is 0 Å². The van der Waals surface area contributed by atoms with E-state index in [1.54, 1.807) is 49.7 Å². The highest BCUT2D eigenvalue weighted by Crippen LogP contribution is 2.30. The molecule has 0 aliphatic carbocycles. The first-order valence-corrected chi connectivity index (χ1v) is 6.38. The third-order valence-corrected chi connectivity index (χ3v) is 2.78. The van der Waals surface area contributed by atoms with Gasteiger partial charge in [0.1, 0.15) is 17.2 Å². The number of hydrogen-bond acceptors (Lipinski definition) is 4. The number of rotatable bonds is 4. The zero-order valence-electron chi connectivity index (χ0n) is 11.8. The fourth-order valence-corrected chi connectivity index (χ4v) is 1.81. The molecule has 2 aromatic rings. The number of carbonyl (C=O) groups is 1. The number of methoxy groups -OCH3 is 1. The molecule has 0 atom stereocenters. The van der Waals surface area contributed by atoms with Crippen molar-refractivity contribution in [2.45, 2.75) is 6.92 Å². The van der Waals surface area contributed by atoms with Gasteiger partial charge in [0.2, 0.25) is 5.91 Å². The number of ether oxygens (including phenoxy) is 1. The van der Waals surface area contributed by atoms with Crippen molar-refractivity contribution >= 4 is 23.5 Å². The van der Waals surface area contributed by atoms with Crippen LogP contribution in [0.4, 0.5) is 11.4 Å². The van der Waals surface area contributed by atoms with Crippen LogP contribution in [0.2, 0.25) is 0 Å². The second-order valence-corrected chi connectivity index (χ2v) is 4.38. The fourth-order valence-electron chi connectivity index (χ4n) is 1.81. The molecule has 5 heteroatoms. The van der Waals surface area contributed by atoms with Gasteiger partial charge < -0.3 is 15.2 Å². The van der Waals surface area contributed by atoms with E-state index in [0.717, 1.165) is 0 Å². The van der Waals surface area contributed by atoms with Crippen molar-refractivity contribution in [2.24, 2.45) is 4.99 Å². The van der Waals surface area contributed by atoms with Crippen molar-refractivity contribution in [3.63, 3.8) is 0 Å². The Morgan fingerprint density at radius 3 is 2.71 bits per heavy atom. The summed E-state index contributed by atoms with van der Waals surface area (Å²) in [6, 6.07) is 12.1. The number of aromatic hydroxyl groups is 1. The minimum absolute atomic E-state index is 0.151. The van der Waals surface area contributed by atoms with Crippen LogP contribution in [0.1, 0.15) is 12.5 Å². The van der Waals surface area contributed by atoms with Gasteiger partial charge in [-0.1, -0.05) is 12.1 Å². The Kier molecular flexibility index (Phi) is 4.56. The highest BCUT2D eigenvalue weighted by atomic mass is 16.5. The molecule has 2 N–H and O–H groups in total. The van der Waals surface area contributed by atoms with E-state index in [4.69, 9.17) is 4.74 Å². The molecule has 0 aliphatic heterocycles. The van der Waals surface area contributed by atoms with Gasteiger partial charge in [-0.15, -0.1) is 0 Å². The minimum Gasteiger partial charge on any atom is -0.507 e. The Hall–Kier alpha value is -2.82. The number of hydrogen-bond donors (Lipinski definition) is 2. The maximum Gasteiger partial charge on any atom is 0.221 e. The SMILES string of the molecule is COc1ccc(NC(C)=O)cc1N=Cc1ccccc1O. The van der Waals surface area contributed by atoms with Crippen molar-refractivity contribution in [2.75, 3.05) is 12.4 Å². The quantitative estimate of drug-likeness (QED) is 0.847. The van der Waals surface area contributed by atoms with Gasteiger partial charge in [-0.2, -0.15) is 0 Å². The number of anilines is 1. The smallest absolute Gasteiger partial charge is 0.221 e. The first-order valence-electron chi connectivity index (χ1n) is 6.38. The fraction of sp³-hybridized carbons (Fsp3) is 0.125. The molecule has 0 aromatic heterocycles. The first kappa shape index (κ1) is 14.6. The number of nitrogens with zero attached hydrogens (tertiary/aromatic N) is 1. The van der Waals surface area contributed by atoms with E-state index in [1.165, 1.54) is 6.92 Å². The average molecular weight is 284 g/mol. The molecule has 1 amide bonds. The van der Waals surface area contributed by atoms with Crippen molar-refractivity contribution < 1.29 is 14.6 Å². The van der Waals surface area contributed by atoms with E-state index in [-0.39, 0.29) is 11.7 Å². The summed E-state index contributed by atoms with van der Waals surface area (Å²) >= 11 is 0. The molecule has 0 fully saturated rings. The van der Waals surface area contributed by atoms with Crippen LogP contribution in [-0.2, 0) is 4.79 Å². The molecule has 0 spiro atoms. The lowest BCUT2D eigenvalue weighted by atomic mass is 10.2. The largest absolute Gasteiger partial charge is 0.507 e. The highest BCUT2D eigenvalue weighted by Gasteiger charge is 2.04. The Balaban J connectivity index is 2.33. The Bertz CT molecular complexity index is 681. The summed E-state index contributed by atoms with van der Waals surface area (Å²) in [5.41, 5.74) is 1.80. The predicted molar refractivity (Wildman–Crippen MR) is 82.7 cm³/mol. The maximum absolute atomic E-state index is 11.1. The van der Waals surface area contributed by atoms with Crippen LogP contribution in [-0.4, -0.2) is 24.3 Å². The van der Waals surface area contributed by atoms with Gasteiger partial charge in [0.25, 0.3) is 0 Å². The summed E-state index contributed by atoms with van der Waals surface area (Å²) in [6.45, 7) is 1.44. The topological polar surface area (TPSA) is 70.9 Å². The molecule has 0 saturated heterocycles. The number of nitrogens with one attached hydrogen (secondary N) is 1. The summed E-state index contributed by atoms with van der Waals surface area (Å²) in [5.74, 6) is 0.574. The third kappa shape index (κ3) is 3.82. The first-order chi connectivity index (χ1) is 10.1. The highest BCUT2D eigenvalue weighted by molar-refractivity contribution is 5.90. The van der Waals surface area contributed by atoms with Gasteiger partial charge in [0.05, 0.1) is 7.11 Å². The molecule has 5 nitrogen and oxygen atoms in total. The molecule has 0 aliphatic rings. The lowest BCUT2D eigenvalue weighted by Gasteiger charge is -2.07. The molecule has 2 aromatic carbocycles. The molecular formula is C16H16N2O3. The van der Waals surface area contributed by atoms with Crippen LogP contribution >= 0.6 is 0 Å². The van der Waals surface area contributed by atoms with E-state index in [1.807, 2.05) is 6.07 Å². The monoisotopic (exact) mass is 284 g/mol. The summed E-state index contributed by atoms with van der Waals surface area (Å²) in [5, 5.41) is 12.4. The van der Waals surface area contributed by atoms with Gasteiger partial charge >= 0.3 is 0 Å². The third-order valence-electron chi connectivity index (χ3n) is 2.78. The number of phenols is 1. The second-order valence-electron chi connectivity index (χ2n) is 4.38. The predicted octanol–water partition coefficient (Wildman–Crippen LogP) is 3.11. The van der Waals surface area contributed by atoms with Crippen LogP contribution in [0.5, 0.6) is 11.5 Å². The Morgan fingerprint density at radius 1 is 1.29 bits per heavy atom. The molecule has 108 valence electrons. The lowest BCUT2D eigenvalue weighted by molar-refractivity contribution is -0.114. The molecular weight excluding hydrogens is 268 g/mol. The minimum atomic E-state index is -0.157. The van der Waals surface area contributed by atoms with Crippen molar-refractivity contribution in [1.29, 1.82) is 0 Å². The van der Waals surface area contributed by atoms with Gasteiger partial charge in [-0.3, -0.25) is 9.79 Å². The number of aliphatic imine (C=N–C) groups is 1. The summed E-state index contributed by atoms with van der Waals surface area (Å²) < 4.78 is 5.24. The maximum atomic E-state index is 11.1. The number of amides is 1. The zero-order valence-corrected chi connectivity index (χ0v) is 11.8. The van der Waals surface area contributed by atoms with Gasteiger partial charge in [-0.25, -0.2) is 0 Å². The average Bonchev–Trinajstić information content (AvgIpc) is 2.46. The Labute approximate surface area is 122 Å². The standard InChI is InChI=1S/C16H16N2O3/c1-11(19)18-13-7-8-16(21-2)14(9-13)17-10-12-5-3-4-6-15(12)20/h3-10,20H,1-2H3,(H,18,19). The molecule has 0 radical (unpaired) electrons. The summed E-state index contributed by atoms with van der Waals surface area (Å²) in [6.07, 6.45) is 1.55. The van der Waals surface area contributed by atoms with Crippen molar-refractivity contribution in [3.8, 4) is 11.5 Å². The second kappa shape index (κ2) is 6.56. The van der Waals surface area contributed by atoms with Gasteiger partial charge in [0, 0.05) is 24.4 Å². The summed E-state index contributed by atoms with van der Waals surface area (Å²) in [7, 11) is 1.55. The Morgan fingerprint density at radius 2 is 2.05 bits per heavy atom. The molecule has 0 saturated carbocycles. The molecule has 0 unspecified atom stereocenters. The zero-order chi connectivity index (χ0) is 15.2. The summed E-state index contributed by atoms with van der Waals surface area (Å²) in [4.78, 5) is 15.4. The van der Waals surface area contributed by atoms with E-state index >= 15 is 0 Å². The van der Waals surface area contributed by atoms with Crippen LogP contribution in [0.3, 0.4) is 0 Å². The van der Waals surface area contributed by atoms with E-state index in [9.17, 15) is 9.90 Å². The number of para-hydroxylation sites is 1. The van der Waals surface area contributed by atoms with Crippen LogP contribution in [0.15, 0.2) is 47.5 Å².